The highest BCUT2D eigenvalue weighted by atomic mass is 35.5. The van der Waals surface area contributed by atoms with E-state index in [0.717, 1.165) is 23.1 Å². The van der Waals surface area contributed by atoms with Crippen molar-refractivity contribution in [2.24, 2.45) is 0 Å². The maximum atomic E-state index is 5.80. The number of aromatic nitrogens is 3. The molecule has 3 nitrogen and oxygen atoms in total. The molecule has 0 amide bonds. The Hall–Kier alpha value is -1.00. The molecule has 5 heteroatoms. The Balaban J connectivity index is 2.08. The molecule has 20 heavy (non-hydrogen) atoms. The molecule has 0 bridgehead atoms. The lowest BCUT2D eigenvalue weighted by Gasteiger charge is -2.09. The third kappa shape index (κ3) is 3.76. The Labute approximate surface area is 129 Å². The minimum atomic E-state index is 0.537. The van der Waals surface area contributed by atoms with Gasteiger partial charge in [-0.05, 0) is 31.9 Å². The lowest BCUT2D eigenvalue weighted by atomic mass is 10.3. The minimum absolute atomic E-state index is 0.537. The number of hydrogen-bond acceptors (Lipinski definition) is 3. The molecule has 2 rings (SSSR count). The second kappa shape index (κ2) is 7.14. The molecule has 2 aromatic rings. The van der Waals surface area contributed by atoms with E-state index < -0.39 is 0 Å². The molecule has 2 heterocycles. The van der Waals surface area contributed by atoms with Crippen molar-refractivity contribution in [3.8, 4) is 0 Å². The highest BCUT2D eigenvalue weighted by Crippen LogP contribution is 2.25. The molecule has 0 N–H and O–H groups in total. The predicted octanol–water partition coefficient (Wildman–Crippen LogP) is 4.64. The van der Waals surface area contributed by atoms with Crippen molar-refractivity contribution in [3.05, 3.63) is 40.4 Å². The summed E-state index contributed by atoms with van der Waals surface area (Å²) in [6.45, 7) is 7.48. The quantitative estimate of drug-likeness (QED) is 0.575. The third-order valence-corrected chi connectivity index (χ3v) is 4.59. The van der Waals surface area contributed by atoms with Crippen LogP contribution in [0.5, 0.6) is 0 Å². The van der Waals surface area contributed by atoms with E-state index in [9.17, 15) is 0 Å². The molecule has 0 aliphatic carbocycles. The molecule has 0 atom stereocenters. The van der Waals surface area contributed by atoms with Gasteiger partial charge in [-0.15, -0.1) is 0 Å². The Morgan fingerprint density at radius 3 is 2.75 bits per heavy atom. The van der Waals surface area contributed by atoms with E-state index in [-0.39, 0.29) is 0 Å². The number of rotatable bonds is 6. The summed E-state index contributed by atoms with van der Waals surface area (Å²) in [5.74, 6) is 0.867. The summed E-state index contributed by atoms with van der Waals surface area (Å²) < 4.78 is 2.33. The molecular formula is C15H20ClN3S. The van der Waals surface area contributed by atoms with E-state index in [1.54, 1.807) is 11.8 Å². The molecule has 0 aliphatic rings. The van der Waals surface area contributed by atoms with Crippen molar-refractivity contribution in [1.29, 1.82) is 0 Å². The summed E-state index contributed by atoms with van der Waals surface area (Å²) in [6.07, 6.45) is 4.21. The summed E-state index contributed by atoms with van der Waals surface area (Å²) in [5.41, 5.74) is 3.56. The maximum Gasteiger partial charge on any atom is 0.168 e. The van der Waals surface area contributed by atoms with Crippen LogP contribution in [0.25, 0.3) is 0 Å². The highest BCUT2D eigenvalue weighted by Gasteiger charge is 2.11. The van der Waals surface area contributed by atoms with Gasteiger partial charge >= 0.3 is 0 Å². The number of nitrogens with zero attached hydrogens (tertiary/aromatic N) is 3. The van der Waals surface area contributed by atoms with Crippen molar-refractivity contribution < 1.29 is 0 Å². The van der Waals surface area contributed by atoms with Crippen LogP contribution in [0.1, 0.15) is 36.7 Å². The fourth-order valence-electron chi connectivity index (χ4n) is 1.95. The first-order chi connectivity index (χ1) is 9.61. The summed E-state index contributed by atoms with van der Waals surface area (Å²) in [4.78, 5) is 8.79. The minimum Gasteiger partial charge on any atom is -0.323 e. The van der Waals surface area contributed by atoms with Gasteiger partial charge < -0.3 is 4.57 Å². The third-order valence-electron chi connectivity index (χ3n) is 3.31. The first-order valence-electron chi connectivity index (χ1n) is 6.88. The van der Waals surface area contributed by atoms with Crippen molar-refractivity contribution >= 4 is 23.4 Å². The van der Waals surface area contributed by atoms with Crippen LogP contribution in [0, 0.1) is 13.8 Å². The van der Waals surface area contributed by atoms with Gasteiger partial charge in [-0.25, -0.2) is 9.97 Å². The van der Waals surface area contributed by atoms with Crippen LogP contribution in [0.2, 0.25) is 5.15 Å². The average molecular weight is 310 g/mol. The van der Waals surface area contributed by atoms with Gasteiger partial charge in [0.05, 0.1) is 5.69 Å². The standard InChI is InChI=1S/C15H20ClN3S/c1-4-5-8-19-12(3)11(2)18-15(19)20-10-13-6-7-14(16)17-9-13/h6-7,9H,4-5,8,10H2,1-3H3. The van der Waals surface area contributed by atoms with Gasteiger partial charge in [0.2, 0.25) is 0 Å². The summed E-state index contributed by atoms with van der Waals surface area (Å²) in [7, 11) is 0. The molecule has 0 fully saturated rings. The van der Waals surface area contributed by atoms with Gasteiger partial charge in [-0.3, -0.25) is 0 Å². The topological polar surface area (TPSA) is 30.7 Å². The van der Waals surface area contributed by atoms with Crippen LogP contribution in [0.15, 0.2) is 23.5 Å². The van der Waals surface area contributed by atoms with Crippen LogP contribution in [0.4, 0.5) is 0 Å². The lowest BCUT2D eigenvalue weighted by molar-refractivity contribution is 0.575. The largest absolute Gasteiger partial charge is 0.323 e. The zero-order chi connectivity index (χ0) is 14.5. The molecular weight excluding hydrogens is 290 g/mol. The van der Waals surface area contributed by atoms with Gasteiger partial charge in [-0.1, -0.05) is 42.8 Å². The number of halogens is 1. The van der Waals surface area contributed by atoms with E-state index in [4.69, 9.17) is 11.6 Å². The Kier molecular flexibility index (Phi) is 5.49. The SMILES string of the molecule is CCCCn1c(SCc2ccc(Cl)nc2)nc(C)c1C. The highest BCUT2D eigenvalue weighted by molar-refractivity contribution is 7.98. The van der Waals surface area contributed by atoms with Gasteiger partial charge in [-0.2, -0.15) is 0 Å². The van der Waals surface area contributed by atoms with E-state index in [2.05, 4.69) is 35.3 Å². The molecule has 0 saturated heterocycles. The molecule has 2 aromatic heterocycles. The van der Waals surface area contributed by atoms with Crippen molar-refractivity contribution in [2.75, 3.05) is 0 Å². The maximum absolute atomic E-state index is 5.80. The fraction of sp³-hybridized carbons (Fsp3) is 0.467. The normalized spacial score (nSPS) is 11.0. The van der Waals surface area contributed by atoms with E-state index in [0.29, 0.717) is 5.15 Å². The van der Waals surface area contributed by atoms with Crippen LogP contribution < -0.4 is 0 Å². The Morgan fingerprint density at radius 1 is 1.30 bits per heavy atom. The van der Waals surface area contributed by atoms with Crippen LogP contribution >= 0.6 is 23.4 Å². The average Bonchev–Trinajstić information content (AvgIpc) is 2.71. The number of imidazole rings is 1. The number of aryl methyl sites for hydroxylation is 1. The first kappa shape index (κ1) is 15.4. The second-order valence-electron chi connectivity index (χ2n) is 4.85. The van der Waals surface area contributed by atoms with Gasteiger partial charge in [0, 0.05) is 24.2 Å². The van der Waals surface area contributed by atoms with Crippen molar-refractivity contribution in [2.45, 2.75) is 51.1 Å². The lowest BCUT2D eigenvalue weighted by Crippen LogP contribution is -2.02. The molecule has 108 valence electrons. The molecule has 0 radical (unpaired) electrons. The van der Waals surface area contributed by atoms with E-state index in [1.807, 2.05) is 18.3 Å². The number of hydrogen-bond donors (Lipinski definition) is 0. The van der Waals surface area contributed by atoms with E-state index in [1.165, 1.54) is 24.1 Å². The molecule has 0 aliphatic heterocycles. The van der Waals surface area contributed by atoms with E-state index >= 15 is 0 Å². The van der Waals surface area contributed by atoms with Crippen LogP contribution in [-0.2, 0) is 12.3 Å². The predicted molar refractivity (Wildman–Crippen MR) is 85.4 cm³/mol. The summed E-state index contributed by atoms with van der Waals surface area (Å²) >= 11 is 7.56. The second-order valence-corrected chi connectivity index (χ2v) is 6.18. The first-order valence-corrected chi connectivity index (χ1v) is 8.25. The number of pyridine rings is 1. The number of unbranched alkanes of at least 4 members (excludes halogenated alkanes) is 1. The zero-order valence-corrected chi connectivity index (χ0v) is 13.8. The van der Waals surface area contributed by atoms with Gasteiger partial charge in [0.15, 0.2) is 5.16 Å². The van der Waals surface area contributed by atoms with Gasteiger partial charge in [0.1, 0.15) is 5.15 Å². The molecule has 0 aromatic carbocycles. The molecule has 0 spiro atoms. The molecule has 0 unspecified atom stereocenters. The molecule has 0 saturated carbocycles. The summed E-state index contributed by atoms with van der Waals surface area (Å²) in [6, 6.07) is 3.85. The van der Waals surface area contributed by atoms with Crippen LogP contribution in [-0.4, -0.2) is 14.5 Å². The number of thioether (sulfide) groups is 1. The van der Waals surface area contributed by atoms with Gasteiger partial charge in [0.25, 0.3) is 0 Å². The monoisotopic (exact) mass is 309 g/mol. The van der Waals surface area contributed by atoms with Crippen LogP contribution in [0.3, 0.4) is 0 Å². The zero-order valence-electron chi connectivity index (χ0n) is 12.2. The summed E-state index contributed by atoms with van der Waals surface area (Å²) in [5, 5.41) is 1.64. The van der Waals surface area contributed by atoms with Crippen molar-refractivity contribution in [3.63, 3.8) is 0 Å². The Bertz CT molecular complexity index is 563. The smallest absolute Gasteiger partial charge is 0.168 e. The fourth-order valence-corrected chi connectivity index (χ4v) is 3.12. The Morgan fingerprint density at radius 2 is 2.10 bits per heavy atom. The van der Waals surface area contributed by atoms with Crippen molar-refractivity contribution in [1.82, 2.24) is 14.5 Å².